The number of anilines is 1. The number of benzene rings is 3. The fourth-order valence-electron chi connectivity index (χ4n) is 6.11. The van der Waals surface area contributed by atoms with Gasteiger partial charge in [0.25, 0.3) is 0 Å². The number of likely N-dealkylation sites (tertiary alicyclic amines) is 1. The number of nitrogens with zero attached hydrogens (tertiary/aromatic N) is 3. The van der Waals surface area contributed by atoms with Gasteiger partial charge in [0.15, 0.2) is 0 Å². The summed E-state index contributed by atoms with van der Waals surface area (Å²) in [5, 5.41) is 2.60. The molecule has 1 fully saturated rings. The Hall–Kier alpha value is -4.29. The summed E-state index contributed by atoms with van der Waals surface area (Å²) in [6, 6.07) is 26.1. The molecule has 5 aromatic rings. The standard InChI is InChI=1S/C35H39N5O5S/c1-44-16-15-39-14-13-26(21-39)23-45-35(41)33-19-28-11-12-30(20-36)37-34(28)40(33)22-29-18-31(17-27-9-5-6-10-32(27)29)38-46(42,43)24-25-7-3-2-4-8-25/h2-12,17-19,26,38H,13-16,20-24,36H2,1H3/t26-/m0/s1. The van der Waals surface area contributed by atoms with Gasteiger partial charge < -0.3 is 24.7 Å². The highest BCUT2D eigenvalue weighted by Gasteiger charge is 2.25. The van der Waals surface area contributed by atoms with Crippen molar-refractivity contribution in [2.75, 3.05) is 44.7 Å². The Morgan fingerprint density at radius 3 is 2.63 bits per heavy atom. The zero-order chi connectivity index (χ0) is 32.1. The molecule has 3 heterocycles. The smallest absolute Gasteiger partial charge is 0.355 e. The van der Waals surface area contributed by atoms with Gasteiger partial charge in [0.2, 0.25) is 10.0 Å². The molecule has 0 aliphatic carbocycles. The van der Waals surface area contributed by atoms with Crippen molar-refractivity contribution in [3.63, 3.8) is 0 Å². The van der Waals surface area contributed by atoms with Crippen LogP contribution in [0.25, 0.3) is 21.8 Å². The lowest BCUT2D eigenvalue weighted by atomic mass is 10.0. The molecule has 1 aliphatic heterocycles. The van der Waals surface area contributed by atoms with Gasteiger partial charge in [-0.15, -0.1) is 0 Å². The van der Waals surface area contributed by atoms with E-state index in [4.69, 9.17) is 20.2 Å². The van der Waals surface area contributed by atoms with Gasteiger partial charge in [0.1, 0.15) is 11.3 Å². The van der Waals surface area contributed by atoms with E-state index >= 15 is 0 Å². The third kappa shape index (κ3) is 7.39. The van der Waals surface area contributed by atoms with Crippen LogP contribution in [0.2, 0.25) is 0 Å². The van der Waals surface area contributed by atoms with Crippen molar-refractivity contribution in [2.24, 2.45) is 11.7 Å². The number of sulfonamides is 1. The lowest BCUT2D eigenvalue weighted by Crippen LogP contribution is -2.26. The highest BCUT2D eigenvalue weighted by molar-refractivity contribution is 7.91. The monoisotopic (exact) mass is 641 g/mol. The Morgan fingerprint density at radius 2 is 1.83 bits per heavy atom. The van der Waals surface area contributed by atoms with Crippen LogP contribution in [0.1, 0.15) is 33.7 Å². The Morgan fingerprint density at radius 1 is 1.02 bits per heavy atom. The van der Waals surface area contributed by atoms with E-state index < -0.39 is 16.0 Å². The lowest BCUT2D eigenvalue weighted by Gasteiger charge is -2.17. The summed E-state index contributed by atoms with van der Waals surface area (Å²) in [5.41, 5.74) is 9.59. The molecule has 0 unspecified atom stereocenters. The normalized spacial score (nSPS) is 15.5. The average molecular weight is 642 g/mol. The van der Waals surface area contributed by atoms with Gasteiger partial charge in [0.05, 0.1) is 31.2 Å². The summed E-state index contributed by atoms with van der Waals surface area (Å²) in [7, 11) is -2.00. The Labute approximate surface area is 269 Å². The van der Waals surface area contributed by atoms with Crippen LogP contribution in [0.3, 0.4) is 0 Å². The summed E-state index contributed by atoms with van der Waals surface area (Å²) in [5.74, 6) is -0.317. The van der Waals surface area contributed by atoms with E-state index in [1.807, 2.05) is 71.3 Å². The number of methoxy groups -OCH3 is 1. The predicted octanol–water partition coefficient (Wildman–Crippen LogP) is 4.76. The summed E-state index contributed by atoms with van der Waals surface area (Å²) < 4.78 is 42.1. The summed E-state index contributed by atoms with van der Waals surface area (Å²) >= 11 is 0. The Bertz CT molecular complexity index is 1940. The molecule has 10 nitrogen and oxygen atoms in total. The Balaban J connectivity index is 1.31. The number of ether oxygens (including phenoxy) is 2. The minimum absolute atomic E-state index is 0.148. The average Bonchev–Trinajstić information content (AvgIpc) is 3.66. The van der Waals surface area contributed by atoms with Crippen LogP contribution in [0.15, 0.2) is 84.9 Å². The second-order valence-corrected chi connectivity index (χ2v) is 13.5. The van der Waals surface area contributed by atoms with Gasteiger partial charge >= 0.3 is 5.97 Å². The first kappa shape index (κ1) is 31.7. The molecule has 1 aliphatic rings. The van der Waals surface area contributed by atoms with E-state index in [9.17, 15) is 13.2 Å². The number of carbonyl (C=O) groups is 1. The predicted molar refractivity (Wildman–Crippen MR) is 180 cm³/mol. The van der Waals surface area contributed by atoms with Gasteiger partial charge in [-0.05, 0) is 65.2 Å². The molecular weight excluding hydrogens is 602 g/mol. The number of hydrogen-bond donors (Lipinski definition) is 2. The van der Waals surface area contributed by atoms with E-state index in [1.165, 1.54) is 0 Å². The van der Waals surface area contributed by atoms with Crippen LogP contribution in [0.5, 0.6) is 0 Å². The molecule has 0 saturated carbocycles. The molecule has 0 amide bonds. The minimum atomic E-state index is -3.69. The van der Waals surface area contributed by atoms with Crippen molar-refractivity contribution in [1.82, 2.24) is 14.5 Å². The fraction of sp³-hybridized carbons (Fsp3) is 0.314. The van der Waals surface area contributed by atoms with E-state index in [-0.39, 0.29) is 24.8 Å². The van der Waals surface area contributed by atoms with Gasteiger partial charge in [-0.1, -0.05) is 54.6 Å². The van der Waals surface area contributed by atoms with E-state index in [2.05, 4.69) is 9.62 Å². The molecule has 3 N–H and O–H groups in total. The summed E-state index contributed by atoms with van der Waals surface area (Å²) in [4.78, 5) is 20.8. The number of nitrogens with two attached hydrogens (primary N) is 1. The number of esters is 1. The number of carbonyl (C=O) groups excluding carboxylic acids is 1. The van der Waals surface area contributed by atoms with Crippen LogP contribution >= 0.6 is 0 Å². The number of fused-ring (bicyclic) bond motifs is 2. The highest BCUT2D eigenvalue weighted by Crippen LogP contribution is 2.29. The summed E-state index contributed by atoms with van der Waals surface area (Å²) in [6.07, 6.45) is 0.959. The second-order valence-electron chi connectivity index (χ2n) is 11.8. The maximum atomic E-state index is 13.7. The number of nitrogens with one attached hydrogen (secondary N) is 1. The number of rotatable bonds is 13. The van der Waals surface area contributed by atoms with Gasteiger partial charge in [-0.2, -0.15) is 0 Å². The zero-order valence-electron chi connectivity index (χ0n) is 25.9. The van der Waals surface area contributed by atoms with E-state index in [1.54, 1.807) is 25.3 Å². The molecule has 3 aromatic carbocycles. The topological polar surface area (TPSA) is 129 Å². The highest BCUT2D eigenvalue weighted by atomic mass is 32.2. The first-order valence-corrected chi connectivity index (χ1v) is 17.1. The van der Waals surface area contributed by atoms with E-state index in [0.717, 1.165) is 47.8 Å². The third-order valence-electron chi connectivity index (χ3n) is 8.40. The first-order valence-electron chi connectivity index (χ1n) is 15.5. The van der Waals surface area contributed by atoms with Gasteiger partial charge in [-0.3, -0.25) is 4.72 Å². The molecule has 0 spiro atoms. The van der Waals surface area contributed by atoms with Crippen molar-refractivity contribution in [2.45, 2.75) is 25.3 Å². The van der Waals surface area contributed by atoms with Crippen LogP contribution in [0.4, 0.5) is 5.69 Å². The Kier molecular flexibility index (Phi) is 9.64. The quantitative estimate of drug-likeness (QED) is 0.176. The fourth-order valence-corrected chi connectivity index (χ4v) is 7.29. The van der Waals surface area contributed by atoms with Crippen molar-refractivity contribution in [3.05, 3.63) is 107 Å². The molecule has 2 aromatic heterocycles. The van der Waals surface area contributed by atoms with E-state index in [0.29, 0.717) is 41.5 Å². The maximum Gasteiger partial charge on any atom is 0.355 e. The van der Waals surface area contributed by atoms with Crippen LogP contribution < -0.4 is 10.5 Å². The molecule has 1 atom stereocenters. The van der Waals surface area contributed by atoms with Gasteiger partial charge in [0, 0.05) is 43.7 Å². The largest absolute Gasteiger partial charge is 0.461 e. The van der Waals surface area contributed by atoms with Crippen molar-refractivity contribution in [3.8, 4) is 0 Å². The maximum absolute atomic E-state index is 13.7. The number of hydrogen-bond acceptors (Lipinski definition) is 8. The SMILES string of the molecule is COCCN1CC[C@H](COC(=O)c2cc3ccc(CN)nc3n2Cc2cc(NS(=O)(=O)Cc3ccccc3)cc3ccccc23)C1. The third-order valence-corrected chi connectivity index (χ3v) is 9.66. The van der Waals surface area contributed by atoms with Crippen molar-refractivity contribution in [1.29, 1.82) is 0 Å². The molecule has 0 radical (unpaired) electrons. The molecule has 0 bridgehead atoms. The molecule has 240 valence electrons. The second kappa shape index (κ2) is 14.0. The first-order chi connectivity index (χ1) is 22.3. The van der Waals surface area contributed by atoms with Crippen LogP contribution in [0, 0.1) is 5.92 Å². The minimum Gasteiger partial charge on any atom is -0.461 e. The van der Waals surface area contributed by atoms with Crippen molar-refractivity contribution < 1.29 is 22.7 Å². The van der Waals surface area contributed by atoms with Crippen LogP contribution in [-0.4, -0.2) is 68.8 Å². The number of pyridine rings is 1. The molecule has 46 heavy (non-hydrogen) atoms. The molecular formula is C35H39N5O5S. The van der Waals surface area contributed by atoms with Crippen LogP contribution in [-0.2, 0) is 38.3 Å². The lowest BCUT2D eigenvalue weighted by molar-refractivity contribution is 0.0430. The molecule has 1 saturated heterocycles. The number of aromatic nitrogens is 2. The van der Waals surface area contributed by atoms with Gasteiger partial charge in [-0.25, -0.2) is 18.2 Å². The molecule has 6 rings (SSSR count). The summed E-state index contributed by atoms with van der Waals surface area (Å²) in [6.45, 7) is 4.19. The molecule has 11 heteroatoms. The van der Waals surface area contributed by atoms with Crippen molar-refractivity contribution >= 4 is 43.5 Å². The zero-order valence-corrected chi connectivity index (χ0v) is 26.7.